The lowest BCUT2D eigenvalue weighted by atomic mass is 10.0. The monoisotopic (exact) mass is 477 g/mol. The second-order valence-corrected chi connectivity index (χ2v) is 9.91. The Morgan fingerprint density at radius 2 is 1.65 bits per heavy atom. The Kier molecular flexibility index (Phi) is 6.27. The van der Waals surface area contributed by atoms with Gasteiger partial charge in [-0.05, 0) is 61.4 Å². The quantitative estimate of drug-likeness (QED) is 0.557. The maximum Gasteiger partial charge on any atom is 0.261 e. The summed E-state index contributed by atoms with van der Waals surface area (Å²) >= 11 is 11.8. The molecule has 1 N–H and O–H groups in total. The smallest absolute Gasteiger partial charge is 0.261 e. The van der Waals surface area contributed by atoms with Crippen molar-refractivity contribution in [3.63, 3.8) is 0 Å². The number of likely N-dealkylation sites (tertiary alicyclic amines) is 1. The van der Waals surface area contributed by atoms with Crippen molar-refractivity contribution >= 4 is 44.8 Å². The predicted octanol–water partition coefficient (Wildman–Crippen LogP) is 5.07. The minimum atomic E-state index is -3.87. The molecule has 0 spiro atoms. The Morgan fingerprint density at radius 3 is 2.32 bits per heavy atom. The summed E-state index contributed by atoms with van der Waals surface area (Å²) in [7, 11) is -3.87. The standard InChI is InChI=1S/C22H21Cl2N3O3S/c23-20-7-6-19(15-21(20)24)31(29,30)25-17-5-3-4-16(14-17)22(28)27-12-8-18(9-13-27)26-10-1-2-11-26/h1-7,10-11,14-15,18,25H,8-9,12-13H2. The van der Waals surface area contributed by atoms with Crippen LogP contribution in [0.4, 0.5) is 5.69 Å². The van der Waals surface area contributed by atoms with E-state index in [-0.39, 0.29) is 20.8 Å². The predicted molar refractivity (Wildman–Crippen MR) is 122 cm³/mol. The van der Waals surface area contributed by atoms with Gasteiger partial charge < -0.3 is 9.47 Å². The van der Waals surface area contributed by atoms with Crippen LogP contribution in [0.25, 0.3) is 0 Å². The lowest BCUT2D eigenvalue weighted by molar-refractivity contribution is 0.0694. The van der Waals surface area contributed by atoms with Gasteiger partial charge in [-0.15, -0.1) is 0 Å². The van der Waals surface area contributed by atoms with Gasteiger partial charge in [0.05, 0.1) is 14.9 Å². The molecule has 0 aliphatic carbocycles. The Labute approximate surface area is 191 Å². The molecule has 1 fully saturated rings. The molecule has 0 bridgehead atoms. The van der Waals surface area contributed by atoms with Crippen molar-refractivity contribution < 1.29 is 13.2 Å². The van der Waals surface area contributed by atoms with Crippen molar-refractivity contribution in [1.29, 1.82) is 0 Å². The molecule has 1 amide bonds. The van der Waals surface area contributed by atoms with Crippen LogP contribution in [-0.2, 0) is 10.0 Å². The number of aromatic nitrogens is 1. The van der Waals surface area contributed by atoms with E-state index in [0.717, 1.165) is 12.8 Å². The van der Waals surface area contributed by atoms with Gasteiger partial charge in [-0.25, -0.2) is 8.42 Å². The second-order valence-electron chi connectivity index (χ2n) is 7.42. The highest BCUT2D eigenvalue weighted by Gasteiger charge is 2.24. The fraction of sp³-hybridized carbons (Fsp3) is 0.227. The van der Waals surface area contributed by atoms with Crippen LogP contribution >= 0.6 is 23.2 Å². The van der Waals surface area contributed by atoms with Gasteiger partial charge in [0, 0.05) is 42.8 Å². The van der Waals surface area contributed by atoms with Crippen LogP contribution in [0, 0.1) is 0 Å². The molecule has 1 aromatic heterocycles. The zero-order valence-corrected chi connectivity index (χ0v) is 18.9. The summed E-state index contributed by atoms with van der Waals surface area (Å²) in [5.74, 6) is -0.110. The lowest BCUT2D eigenvalue weighted by Crippen LogP contribution is -2.38. The summed E-state index contributed by atoms with van der Waals surface area (Å²) in [4.78, 5) is 14.8. The minimum absolute atomic E-state index is 0.00860. The molecular weight excluding hydrogens is 457 g/mol. The van der Waals surface area contributed by atoms with E-state index in [2.05, 4.69) is 9.29 Å². The Bertz CT molecular complexity index is 1190. The number of carbonyl (C=O) groups excluding carboxylic acids is 1. The summed E-state index contributed by atoms with van der Waals surface area (Å²) in [5, 5.41) is 0.422. The SMILES string of the molecule is O=C(c1cccc(NS(=O)(=O)c2ccc(Cl)c(Cl)c2)c1)N1CCC(n2cccc2)CC1. The number of carbonyl (C=O) groups is 1. The summed E-state index contributed by atoms with van der Waals surface area (Å²) in [6.07, 6.45) is 5.85. The van der Waals surface area contributed by atoms with Crippen LogP contribution < -0.4 is 4.72 Å². The Morgan fingerprint density at radius 1 is 0.935 bits per heavy atom. The third kappa shape index (κ3) is 4.89. The van der Waals surface area contributed by atoms with E-state index in [1.54, 1.807) is 24.3 Å². The average Bonchev–Trinajstić information content (AvgIpc) is 3.30. The molecule has 4 rings (SSSR count). The molecule has 0 atom stereocenters. The van der Waals surface area contributed by atoms with Crippen molar-refractivity contribution in [1.82, 2.24) is 9.47 Å². The molecule has 3 aromatic rings. The molecule has 1 aliphatic heterocycles. The number of hydrogen-bond acceptors (Lipinski definition) is 3. The lowest BCUT2D eigenvalue weighted by Gasteiger charge is -2.33. The fourth-order valence-corrected chi connectivity index (χ4v) is 5.15. The van der Waals surface area contributed by atoms with E-state index < -0.39 is 10.0 Å². The molecule has 0 saturated carbocycles. The summed E-state index contributed by atoms with van der Waals surface area (Å²) in [6, 6.07) is 15.0. The molecule has 0 unspecified atom stereocenters. The molecule has 2 heterocycles. The van der Waals surface area contributed by atoms with Gasteiger partial charge in [0.2, 0.25) is 0 Å². The van der Waals surface area contributed by atoms with Gasteiger partial charge in [0.25, 0.3) is 15.9 Å². The van der Waals surface area contributed by atoms with Crippen LogP contribution in [0.2, 0.25) is 10.0 Å². The zero-order valence-electron chi connectivity index (χ0n) is 16.5. The number of halogens is 2. The molecule has 6 nitrogen and oxygen atoms in total. The fourth-order valence-electron chi connectivity index (χ4n) is 3.71. The second kappa shape index (κ2) is 8.94. The van der Waals surface area contributed by atoms with E-state index >= 15 is 0 Å². The maximum absolute atomic E-state index is 13.0. The molecular formula is C22H21Cl2N3O3S. The van der Waals surface area contributed by atoms with Crippen molar-refractivity contribution in [3.05, 3.63) is 82.6 Å². The van der Waals surface area contributed by atoms with Gasteiger partial charge in [0.1, 0.15) is 0 Å². The van der Waals surface area contributed by atoms with Crippen molar-refractivity contribution in [2.24, 2.45) is 0 Å². The van der Waals surface area contributed by atoms with Crippen molar-refractivity contribution in [2.45, 2.75) is 23.8 Å². The first-order valence-electron chi connectivity index (χ1n) is 9.83. The van der Waals surface area contributed by atoms with E-state index in [1.165, 1.54) is 18.2 Å². The normalized spacial score (nSPS) is 15.1. The van der Waals surface area contributed by atoms with Gasteiger partial charge in [-0.3, -0.25) is 9.52 Å². The first-order chi connectivity index (χ1) is 14.8. The largest absolute Gasteiger partial charge is 0.351 e. The molecule has 1 saturated heterocycles. The first-order valence-corrected chi connectivity index (χ1v) is 12.1. The van der Waals surface area contributed by atoms with Gasteiger partial charge in [-0.1, -0.05) is 29.3 Å². The summed E-state index contributed by atoms with van der Waals surface area (Å²) in [5.41, 5.74) is 0.743. The topological polar surface area (TPSA) is 71.4 Å². The van der Waals surface area contributed by atoms with E-state index in [0.29, 0.717) is 30.4 Å². The zero-order chi connectivity index (χ0) is 22.0. The molecule has 1 aliphatic rings. The highest BCUT2D eigenvalue weighted by Crippen LogP contribution is 2.27. The molecule has 162 valence electrons. The summed E-state index contributed by atoms with van der Waals surface area (Å²) in [6.45, 7) is 1.31. The Balaban J connectivity index is 1.45. The Hall–Kier alpha value is -2.48. The van der Waals surface area contributed by atoms with Crippen molar-refractivity contribution in [3.8, 4) is 0 Å². The first kappa shape index (κ1) is 21.7. The van der Waals surface area contributed by atoms with E-state index in [1.807, 2.05) is 29.4 Å². The third-order valence-electron chi connectivity index (χ3n) is 5.36. The van der Waals surface area contributed by atoms with Crippen molar-refractivity contribution in [2.75, 3.05) is 17.8 Å². The third-order valence-corrected chi connectivity index (χ3v) is 7.48. The van der Waals surface area contributed by atoms with E-state index in [4.69, 9.17) is 23.2 Å². The minimum Gasteiger partial charge on any atom is -0.351 e. The number of hydrogen-bond donors (Lipinski definition) is 1. The number of sulfonamides is 1. The average molecular weight is 478 g/mol. The van der Waals surface area contributed by atoms with Crippen LogP contribution in [-0.4, -0.2) is 36.9 Å². The number of amides is 1. The number of benzene rings is 2. The highest BCUT2D eigenvalue weighted by atomic mass is 35.5. The van der Waals surface area contributed by atoms with Gasteiger partial charge >= 0.3 is 0 Å². The number of piperidine rings is 1. The molecule has 0 radical (unpaired) electrons. The van der Waals surface area contributed by atoms with Crippen LogP contribution in [0.3, 0.4) is 0 Å². The number of nitrogens with one attached hydrogen (secondary N) is 1. The van der Waals surface area contributed by atoms with E-state index in [9.17, 15) is 13.2 Å². The van der Waals surface area contributed by atoms with Crippen LogP contribution in [0.15, 0.2) is 71.9 Å². The van der Waals surface area contributed by atoms with Gasteiger partial charge in [0.15, 0.2) is 0 Å². The number of nitrogens with zero attached hydrogens (tertiary/aromatic N) is 2. The molecule has 9 heteroatoms. The number of rotatable bonds is 5. The van der Waals surface area contributed by atoms with Crippen LogP contribution in [0.1, 0.15) is 29.2 Å². The highest BCUT2D eigenvalue weighted by molar-refractivity contribution is 7.92. The maximum atomic E-state index is 13.0. The molecule has 2 aromatic carbocycles. The number of anilines is 1. The molecule has 31 heavy (non-hydrogen) atoms. The van der Waals surface area contributed by atoms with Gasteiger partial charge in [-0.2, -0.15) is 0 Å². The summed E-state index contributed by atoms with van der Waals surface area (Å²) < 4.78 is 30.1. The van der Waals surface area contributed by atoms with Crippen LogP contribution in [0.5, 0.6) is 0 Å².